The van der Waals surface area contributed by atoms with Gasteiger partial charge in [0.25, 0.3) is 0 Å². The van der Waals surface area contributed by atoms with Gasteiger partial charge in [-0.25, -0.2) is 0 Å². The topological polar surface area (TPSA) is 24.4 Å². The quantitative estimate of drug-likeness (QED) is 0.871. The molecule has 2 heterocycles. The van der Waals surface area contributed by atoms with Gasteiger partial charge in [-0.05, 0) is 38.8 Å². The number of aryl methyl sites for hydroxylation is 1. The average Bonchev–Trinajstić information content (AvgIpc) is 2.53. The monoisotopic (exact) mass is 250 g/mol. The molecule has 0 amide bonds. The summed E-state index contributed by atoms with van der Waals surface area (Å²) >= 11 is 1.90. The van der Waals surface area contributed by atoms with Crippen molar-refractivity contribution in [1.82, 2.24) is 5.32 Å². The van der Waals surface area contributed by atoms with E-state index < -0.39 is 0 Å². The van der Waals surface area contributed by atoms with E-state index in [-0.39, 0.29) is 0 Å². The Bertz CT molecular complexity index is 381. The number of thiophene rings is 1. The van der Waals surface area contributed by atoms with Gasteiger partial charge in [-0.15, -0.1) is 11.3 Å². The summed E-state index contributed by atoms with van der Waals surface area (Å²) in [6, 6.07) is 4.94. The van der Waals surface area contributed by atoms with E-state index in [9.17, 15) is 0 Å². The standard InChI is InChI=1S/C14H22N2S/c1-11(10-13-8-7-12(2)17-13)16-14-6-4-3-5-9-15-14/h7-8,11H,3-6,9-10H2,1-2H3,(H,15,16). The average molecular weight is 250 g/mol. The predicted octanol–water partition coefficient (Wildman–Crippen LogP) is 3.55. The summed E-state index contributed by atoms with van der Waals surface area (Å²) in [7, 11) is 0. The third-order valence-electron chi connectivity index (χ3n) is 3.09. The minimum Gasteiger partial charge on any atom is -0.371 e. The van der Waals surface area contributed by atoms with E-state index in [1.807, 2.05) is 11.3 Å². The first-order valence-electron chi connectivity index (χ1n) is 6.59. The number of nitrogens with zero attached hydrogens (tertiary/aromatic N) is 1. The molecule has 1 atom stereocenters. The van der Waals surface area contributed by atoms with Gasteiger partial charge < -0.3 is 5.32 Å². The number of hydrogen-bond acceptors (Lipinski definition) is 3. The van der Waals surface area contributed by atoms with Crippen molar-refractivity contribution in [2.45, 2.75) is 52.0 Å². The van der Waals surface area contributed by atoms with Crippen LogP contribution >= 0.6 is 11.3 Å². The second kappa shape index (κ2) is 6.20. The number of amidine groups is 1. The minimum atomic E-state index is 0.491. The Morgan fingerprint density at radius 2 is 2.24 bits per heavy atom. The van der Waals surface area contributed by atoms with Crippen LogP contribution in [0, 0.1) is 6.92 Å². The lowest BCUT2D eigenvalue weighted by Crippen LogP contribution is -2.33. The molecule has 1 aliphatic heterocycles. The minimum absolute atomic E-state index is 0.491. The summed E-state index contributed by atoms with van der Waals surface area (Å²) in [5, 5.41) is 3.57. The highest BCUT2D eigenvalue weighted by atomic mass is 32.1. The molecule has 1 aromatic rings. The van der Waals surface area contributed by atoms with Crippen molar-refractivity contribution in [3.8, 4) is 0 Å². The summed E-state index contributed by atoms with van der Waals surface area (Å²) < 4.78 is 0. The first-order chi connectivity index (χ1) is 8.24. The lowest BCUT2D eigenvalue weighted by Gasteiger charge is -2.15. The van der Waals surface area contributed by atoms with Gasteiger partial charge in [-0.3, -0.25) is 4.99 Å². The Hall–Kier alpha value is -0.830. The zero-order valence-corrected chi connectivity index (χ0v) is 11.6. The maximum atomic E-state index is 4.62. The first kappa shape index (κ1) is 12.6. The van der Waals surface area contributed by atoms with Crippen LogP contribution in [-0.4, -0.2) is 18.4 Å². The molecule has 2 rings (SSSR count). The van der Waals surface area contributed by atoms with E-state index in [0.717, 1.165) is 19.4 Å². The van der Waals surface area contributed by atoms with Gasteiger partial charge in [0.1, 0.15) is 0 Å². The predicted molar refractivity (Wildman–Crippen MR) is 76.1 cm³/mol. The molecule has 3 heteroatoms. The van der Waals surface area contributed by atoms with E-state index in [0.29, 0.717) is 6.04 Å². The Morgan fingerprint density at radius 1 is 1.35 bits per heavy atom. The molecule has 0 fully saturated rings. The summed E-state index contributed by atoms with van der Waals surface area (Å²) in [5.74, 6) is 1.23. The molecule has 94 valence electrons. The zero-order valence-electron chi connectivity index (χ0n) is 10.8. The van der Waals surface area contributed by atoms with Crippen molar-refractivity contribution in [1.29, 1.82) is 0 Å². The van der Waals surface area contributed by atoms with Crippen LogP contribution < -0.4 is 5.32 Å². The highest BCUT2D eigenvalue weighted by Gasteiger charge is 2.09. The molecule has 0 spiro atoms. The van der Waals surface area contributed by atoms with Crippen LogP contribution in [-0.2, 0) is 6.42 Å². The molecular weight excluding hydrogens is 228 g/mol. The van der Waals surface area contributed by atoms with Crippen molar-refractivity contribution >= 4 is 17.2 Å². The molecule has 2 nitrogen and oxygen atoms in total. The molecule has 0 saturated heterocycles. The molecule has 17 heavy (non-hydrogen) atoms. The Labute approximate surface area is 108 Å². The van der Waals surface area contributed by atoms with Gasteiger partial charge in [0.15, 0.2) is 0 Å². The summed E-state index contributed by atoms with van der Waals surface area (Å²) in [6.45, 7) is 5.43. The Balaban J connectivity index is 1.83. The van der Waals surface area contributed by atoms with Gasteiger partial charge in [-0.1, -0.05) is 6.42 Å². The molecule has 0 aromatic carbocycles. The fraction of sp³-hybridized carbons (Fsp3) is 0.643. The highest BCUT2D eigenvalue weighted by Crippen LogP contribution is 2.17. The van der Waals surface area contributed by atoms with Crippen LogP contribution in [0.2, 0.25) is 0 Å². The van der Waals surface area contributed by atoms with Crippen molar-refractivity contribution < 1.29 is 0 Å². The third kappa shape index (κ3) is 4.15. The normalized spacial score (nSPS) is 18.4. The summed E-state index contributed by atoms with van der Waals surface area (Å²) in [5.41, 5.74) is 0. The fourth-order valence-corrected chi connectivity index (χ4v) is 3.24. The smallest absolute Gasteiger partial charge is 0.0965 e. The van der Waals surface area contributed by atoms with Crippen LogP contribution in [0.25, 0.3) is 0 Å². The van der Waals surface area contributed by atoms with E-state index in [4.69, 9.17) is 0 Å². The molecule has 1 unspecified atom stereocenters. The summed E-state index contributed by atoms with van der Waals surface area (Å²) in [6.07, 6.45) is 6.11. The maximum Gasteiger partial charge on any atom is 0.0965 e. The lowest BCUT2D eigenvalue weighted by atomic mass is 10.1. The highest BCUT2D eigenvalue weighted by molar-refractivity contribution is 7.11. The zero-order chi connectivity index (χ0) is 12.1. The Kier molecular flexibility index (Phi) is 4.60. The molecule has 1 N–H and O–H groups in total. The van der Waals surface area contributed by atoms with Crippen molar-refractivity contribution in [3.05, 3.63) is 21.9 Å². The van der Waals surface area contributed by atoms with E-state index in [2.05, 4.69) is 36.3 Å². The van der Waals surface area contributed by atoms with Crippen molar-refractivity contribution in [2.24, 2.45) is 4.99 Å². The van der Waals surface area contributed by atoms with E-state index >= 15 is 0 Å². The summed E-state index contributed by atoms with van der Waals surface area (Å²) in [4.78, 5) is 7.49. The fourth-order valence-electron chi connectivity index (χ4n) is 2.22. The molecule has 0 aliphatic carbocycles. The number of hydrogen-bond donors (Lipinski definition) is 1. The van der Waals surface area contributed by atoms with Gasteiger partial charge in [0.05, 0.1) is 5.84 Å². The van der Waals surface area contributed by atoms with Crippen LogP contribution in [0.3, 0.4) is 0 Å². The number of nitrogens with one attached hydrogen (secondary N) is 1. The van der Waals surface area contributed by atoms with Gasteiger partial charge >= 0.3 is 0 Å². The first-order valence-corrected chi connectivity index (χ1v) is 7.41. The number of aliphatic imine (C=N–C) groups is 1. The van der Waals surface area contributed by atoms with Crippen LogP contribution in [0.15, 0.2) is 17.1 Å². The van der Waals surface area contributed by atoms with E-state index in [1.165, 1.54) is 34.9 Å². The van der Waals surface area contributed by atoms with Crippen LogP contribution in [0.4, 0.5) is 0 Å². The number of rotatable bonds is 3. The second-order valence-corrected chi connectivity index (χ2v) is 6.27. The molecule has 1 aromatic heterocycles. The van der Waals surface area contributed by atoms with Crippen molar-refractivity contribution in [2.75, 3.05) is 6.54 Å². The Morgan fingerprint density at radius 3 is 3.00 bits per heavy atom. The molecule has 0 radical (unpaired) electrons. The van der Waals surface area contributed by atoms with E-state index in [1.54, 1.807) is 0 Å². The van der Waals surface area contributed by atoms with Gasteiger partial charge in [0, 0.05) is 35.2 Å². The molecule has 0 bridgehead atoms. The lowest BCUT2D eigenvalue weighted by molar-refractivity contribution is 0.653. The van der Waals surface area contributed by atoms with Gasteiger partial charge in [0.2, 0.25) is 0 Å². The maximum absolute atomic E-state index is 4.62. The van der Waals surface area contributed by atoms with Gasteiger partial charge in [-0.2, -0.15) is 0 Å². The van der Waals surface area contributed by atoms with Crippen molar-refractivity contribution in [3.63, 3.8) is 0 Å². The molecule has 0 saturated carbocycles. The molecule has 1 aliphatic rings. The largest absolute Gasteiger partial charge is 0.371 e. The SMILES string of the molecule is Cc1ccc(CC(C)NC2=NCCCCC2)s1. The van der Waals surface area contributed by atoms with Crippen LogP contribution in [0.5, 0.6) is 0 Å². The molecular formula is C14H22N2S. The van der Waals surface area contributed by atoms with Crippen LogP contribution in [0.1, 0.15) is 42.4 Å². The third-order valence-corrected chi connectivity index (χ3v) is 4.11. The second-order valence-electron chi connectivity index (χ2n) is 4.90.